The predicted octanol–water partition coefficient (Wildman–Crippen LogP) is 2.57. The van der Waals surface area contributed by atoms with Gasteiger partial charge in [0.15, 0.2) is 5.76 Å². The van der Waals surface area contributed by atoms with Crippen molar-refractivity contribution >= 4 is 17.5 Å². The number of nitrogens with zero attached hydrogens (tertiary/aromatic N) is 2. The van der Waals surface area contributed by atoms with E-state index in [1.54, 1.807) is 29.2 Å². The molecule has 2 heterocycles. The molecule has 0 aliphatic carbocycles. The van der Waals surface area contributed by atoms with E-state index in [9.17, 15) is 20.1 Å². The summed E-state index contributed by atoms with van der Waals surface area (Å²) in [5.41, 5.74) is 8.65. The third kappa shape index (κ3) is 3.79. The van der Waals surface area contributed by atoms with Gasteiger partial charge < -0.3 is 30.5 Å². The summed E-state index contributed by atoms with van der Waals surface area (Å²) in [7, 11) is 0. The maximum absolute atomic E-state index is 12.9. The predicted molar refractivity (Wildman–Crippen MR) is 109 cm³/mol. The molecule has 1 aromatic heterocycles. The third-order valence-corrected chi connectivity index (χ3v) is 5.47. The number of rotatable bonds is 4. The average Bonchev–Trinajstić information content (AvgIpc) is 3.14. The molecule has 1 aliphatic heterocycles. The fraction of sp³-hybridized carbons (Fsp3) is 0.238. The molecule has 1 amide bonds. The van der Waals surface area contributed by atoms with Crippen LogP contribution < -0.4 is 5.73 Å². The van der Waals surface area contributed by atoms with Crippen molar-refractivity contribution in [2.24, 2.45) is 5.73 Å². The van der Waals surface area contributed by atoms with Gasteiger partial charge in [-0.25, -0.2) is 0 Å². The van der Waals surface area contributed by atoms with Gasteiger partial charge in [0.25, 0.3) is 0 Å². The van der Waals surface area contributed by atoms with Crippen LogP contribution in [0.2, 0.25) is 5.02 Å². The molecule has 156 valence electrons. The number of amides is 1. The SMILES string of the molecule is N[C@H](Cc1ccc(O)cc1)C(=O)N1CCc2noc(-c3cc(Cl)c(O)cc3O)c2C1. The highest BCUT2D eigenvalue weighted by Crippen LogP contribution is 2.40. The molecule has 3 aromatic rings. The number of hydrogen-bond donors (Lipinski definition) is 4. The van der Waals surface area contributed by atoms with Gasteiger partial charge in [-0.2, -0.15) is 0 Å². The Hall–Kier alpha value is -3.23. The molecule has 1 aliphatic rings. The molecule has 2 aromatic carbocycles. The molecule has 0 spiro atoms. The van der Waals surface area contributed by atoms with E-state index in [2.05, 4.69) is 5.16 Å². The van der Waals surface area contributed by atoms with Gasteiger partial charge in [-0.15, -0.1) is 0 Å². The second-order valence-electron chi connectivity index (χ2n) is 7.24. The minimum atomic E-state index is -0.740. The fourth-order valence-electron chi connectivity index (χ4n) is 3.55. The smallest absolute Gasteiger partial charge is 0.240 e. The Balaban J connectivity index is 1.55. The second-order valence-corrected chi connectivity index (χ2v) is 7.65. The Kier molecular flexibility index (Phi) is 5.27. The summed E-state index contributed by atoms with van der Waals surface area (Å²) < 4.78 is 5.43. The number of aromatic nitrogens is 1. The van der Waals surface area contributed by atoms with Gasteiger partial charge in [0.05, 0.1) is 28.9 Å². The van der Waals surface area contributed by atoms with Gasteiger partial charge in [0.1, 0.15) is 17.2 Å². The van der Waals surface area contributed by atoms with Gasteiger partial charge in [-0.3, -0.25) is 4.79 Å². The lowest BCUT2D eigenvalue weighted by Crippen LogP contribution is -2.46. The van der Waals surface area contributed by atoms with Crippen molar-refractivity contribution in [1.29, 1.82) is 0 Å². The molecule has 4 rings (SSSR count). The van der Waals surface area contributed by atoms with E-state index in [4.69, 9.17) is 21.9 Å². The molecule has 1 atom stereocenters. The summed E-state index contributed by atoms with van der Waals surface area (Å²) in [6, 6.07) is 8.35. The Labute approximate surface area is 177 Å². The van der Waals surface area contributed by atoms with Crippen LogP contribution in [0.5, 0.6) is 17.2 Å². The van der Waals surface area contributed by atoms with Crippen LogP contribution in [0.25, 0.3) is 11.3 Å². The maximum Gasteiger partial charge on any atom is 0.240 e. The van der Waals surface area contributed by atoms with Crippen molar-refractivity contribution in [3.05, 3.63) is 58.2 Å². The van der Waals surface area contributed by atoms with Gasteiger partial charge in [-0.05, 0) is 30.2 Å². The van der Waals surface area contributed by atoms with Crippen LogP contribution in [-0.4, -0.2) is 43.9 Å². The molecule has 0 unspecified atom stereocenters. The van der Waals surface area contributed by atoms with Crippen molar-refractivity contribution in [1.82, 2.24) is 10.1 Å². The van der Waals surface area contributed by atoms with Crippen LogP contribution in [-0.2, 0) is 24.2 Å². The van der Waals surface area contributed by atoms with Crippen molar-refractivity contribution in [2.45, 2.75) is 25.4 Å². The topological polar surface area (TPSA) is 133 Å². The van der Waals surface area contributed by atoms with Crippen molar-refractivity contribution in [3.8, 4) is 28.6 Å². The van der Waals surface area contributed by atoms with Crippen LogP contribution in [0.4, 0.5) is 0 Å². The van der Waals surface area contributed by atoms with Gasteiger partial charge in [0.2, 0.25) is 5.91 Å². The first-order chi connectivity index (χ1) is 14.3. The minimum absolute atomic E-state index is 0.0626. The van der Waals surface area contributed by atoms with Crippen LogP contribution >= 0.6 is 11.6 Å². The average molecular weight is 430 g/mol. The summed E-state index contributed by atoms with van der Waals surface area (Å²) in [5, 5.41) is 33.4. The van der Waals surface area contributed by atoms with Gasteiger partial charge >= 0.3 is 0 Å². The molecule has 0 radical (unpaired) electrons. The number of phenols is 3. The van der Waals surface area contributed by atoms with Gasteiger partial charge in [0, 0.05) is 24.6 Å². The van der Waals surface area contributed by atoms with Crippen molar-refractivity contribution in [2.75, 3.05) is 6.54 Å². The van der Waals surface area contributed by atoms with E-state index < -0.39 is 6.04 Å². The van der Waals surface area contributed by atoms with Crippen LogP contribution in [0.3, 0.4) is 0 Å². The van der Waals surface area contributed by atoms with E-state index in [1.807, 2.05) is 0 Å². The monoisotopic (exact) mass is 429 g/mol. The second kappa shape index (κ2) is 7.89. The normalized spacial score (nSPS) is 14.4. The first-order valence-corrected chi connectivity index (χ1v) is 9.73. The minimum Gasteiger partial charge on any atom is -0.508 e. The van der Waals surface area contributed by atoms with Crippen molar-refractivity contribution in [3.63, 3.8) is 0 Å². The number of benzene rings is 2. The number of fused-ring (bicyclic) bond motifs is 1. The zero-order chi connectivity index (χ0) is 21.4. The number of nitrogens with two attached hydrogens (primary N) is 1. The Morgan fingerprint density at radius 3 is 2.67 bits per heavy atom. The molecule has 5 N–H and O–H groups in total. The highest BCUT2D eigenvalue weighted by atomic mass is 35.5. The standard InChI is InChI=1S/C21H20ClN3O5/c22-15-8-13(18(27)9-19(15)28)20-14-10-25(6-5-17(14)24-30-20)21(29)16(23)7-11-1-3-12(26)4-2-11/h1-4,8-9,16,26-28H,5-7,10,23H2/t16-/m1/s1. The number of halogens is 1. The summed E-state index contributed by atoms with van der Waals surface area (Å²) in [5.74, 6) is -0.214. The summed E-state index contributed by atoms with van der Waals surface area (Å²) >= 11 is 5.97. The molecule has 0 saturated carbocycles. The summed E-state index contributed by atoms with van der Waals surface area (Å²) in [6.45, 7) is 0.678. The Morgan fingerprint density at radius 1 is 1.20 bits per heavy atom. The number of carbonyl (C=O) groups excluding carboxylic acids is 1. The Morgan fingerprint density at radius 2 is 1.93 bits per heavy atom. The molecule has 8 nitrogen and oxygen atoms in total. The lowest BCUT2D eigenvalue weighted by Gasteiger charge is -2.29. The highest BCUT2D eigenvalue weighted by molar-refractivity contribution is 6.32. The van der Waals surface area contributed by atoms with Crippen LogP contribution in [0.1, 0.15) is 16.8 Å². The molecule has 0 fully saturated rings. The first kappa shape index (κ1) is 20.1. The quantitative estimate of drug-likeness (QED) is 0.500. The number of phenolic OH excluding ortho intramolecular Hbond substituents is 3. The van der Waals surface area contributed by atoms with Gasteiger partial charge in [-0.1, -0.05) is 28.9 Å². The molecular weight excluding hydrogens is 410 g/mol. The van der Waals surface area contributed by atoms with E-state index in [1.165, 1.54) is 6.07 Å². The van der Waals surface area contributed by atoms with Crippen LogP contribution in [0, 0.1) is 0 Å². The first-order valence-electron chi connectivity index (χ1n) is 9.35. The molecule has 9 heteroatoms. The van der Waals surface area contributed by atoms with E-state index in [0.717, 1.165) is 11.6 Å². The summed E-state index contributed by atoms with van der Waals surface area (Å²) in [4.78, 5) is 14.5. The zero-order valence-corrected chi connectivity index (χ0v) is 16.6. The third-order valence-electron chi connectivity index (χ3n) is 5.17. The Bertz CT molecular complexity index is 1100. The van der Waals surface area contributed by atoms with E-state index in [0.29, 0.717) is 36.4 Å². The van der Waals surface area contributed by atoms with E-state index in [-0.39, 0.29) is 40.3 Å². The number of aromatic hydroxyl groups is 3. The lowest BCUT2D eigenvalue weighted by atomic mass is 9.99. The lowest BCUT2D eigenvalue weighted by molar-refractivity contribution is -0.133. The molecule has 0 bridgehead atoms. The molecular formula is C21H20ClN3O5. The number of hydrogen-bond acceptors (Lipinski definition) is 7. The number of carbonyl (C=O) groups is 1. The fourth-order valence-corrected chi connectivity index (χ4v) is 3.72. The summed E-state index contributed by atoms with van der Waals surface area (Å²) in [6.07, 6.45) is 0.830. The molecule has 30 heavy (non-hydrogen) atoms. The molecule has 0 saturated heterocycles. The van der Waals surface area contributed by atoms with Crippen molar-refractivity contribution < 1.29 is 24.6 Å². The van der Waals surface area contributed by atoms with Crippen LogP contribution in [0.15, 0.2) is 40.9 Å². The zero-order valence-electron chi connectivity index (χ0n) is 15.9. The largest absolute Gasteiger partial charge is 0.508 e. The highest BCUT2D eigenvalue weighted by Gasteiger charge is 2.31. The van der Waals surface area contributed by atoms with E-state index >= 15 is 0 Å². The maximum atomic E-state index is 12.9.